The molecule has 1 aromatic rings. The molecule has 3 nitrogen and oxygen atoms in total. The first kappa shape index (κ1) is 14.9. The molecule has 4 heteroatoms. The van der Waals surface area contributed by atoms with Crippen molar-refractivity contribution in [2.75, 3.05) is 6.54 Å². The van der Waals surface area contributed by atoms with Gasteiger partial charge < -0.3 is 5.11 Å². The van der Waals surface area contributed by atoms with Gasteiger partial charge in [-0.1, -0.05) is 30.3 Å². The summed E-state index contributed by atoms with van der Waals surface area (Å²) in [6.07, 6.45) is 0. The van der Waals surface area contributed by atoms with E-state index in [9.17, 15) is 4.79 Å². The van der Waals surface area contributed by atoms with Crippen molar-refractivity contribution in [3.05, 3.63) is 35.9 Å². The molecule has 90 valence electrons. The van der Waals surface area contributed by atoms with Crippen LogP contribution in [0.1, 0.15) is 19.4 Å². The highest BCUT2D eigenvalue weighted by atomic mass is 35.5. The van der Waals surface area contributed by atoms with Crippen LogP contribution in [-0.4, -0.2) is 28.6 Å². The average Bonchev–Trinajstić information content (AvgIpc) is 2.17. The van der Waals surface area contributed by atoms with Crippen LogP contribution in [0.15, 0.2) is 30.3 Å². The Kier molecular flexibility index (Phi) is 6.77. The monoisotopic (exact) mass is 243 g/mol. The molecule has 0 aliphatic carbocycles. The van der Waals surface area contributed by atoms with Crippen molar-refractivity contribution in [1.29, 1.82) is 0 Å². The summed E-state index contributed by atoms with van der Waals surface area (Å²) < 4.78 is 0. The number of carbonyl (C=O) groups is 1. The minimum absolute atomic E-state index is 0. The van der Waals surface area contributed by atoms with Crippen molar-refractivity contribution in [3.63, 3.8) is 0 Å². The molecule has 1 aromatic carbocycles. The Labute approximate surface area is 102 Å². The van der Waals surface area contributed by atoms with E-state index in [-0.39, 0.29) is 25.0 Å². The third-order valence-electron chi connectivity index (χ3n) is 2.30. The van der Waals surface area contributed by atoms with Gasteiger partial charge in [-0.2, -0.15) is 0 Å². The van der Waals surface area contributed by atoms with Gasteiger partial charge in [0.05, 0.1) is 6.54 Å². The summed E-state index contributed by atoms with van der Waals surface area (Å²) in [5.41, 5.74) is 1.15. The van der Waals surface area contributed by atoms with Gasteiger partial charge in [0.15, 0.2) is 0 Å². The van der Waals surface area contributed by atoms with Crippen LogP contribution < -0.4 is 0 Å². The molecule has 0 heterocycles. The highest BCUT2D eigenvalue weighted by Crippen LogP contribution is 2.07. The minimum atomic E-state index is -0.778. The van der Waals surface area contributed by atoms with Crippen molar-refractivity contribution in [2.45, 2.75) is 26.4 Å². The number of carboxylic acids is 1. The van der Waals surface area contributed by atoms with Crippen LogP contribution in [0.2, 0.25) is 0 Å². The fourth-order valence-corrected chi connectivity index (χ4v) is 1.41. The van der Waals surface area contributed by atoms with E-state index in [1.807, 2.05) is 49.1 Å². The highest BCUT2D eigenvalue weighted by molar-refractivity contribution is 5.85. The van der Waals surface area contributed by atoms with Gasteiger partial charge >= 0.3 is 5.97 Å². The van der Waals surface area contributed by atoms with Crippen LogP contribution in [-0.2, 0) is 11.3 Å². The zero-order chi connectivity index (χ0) is 11.3. The molecule has 0 atom stereocenters. The highest BCUT2D eigenvalue weighted by Gasteiger charge is 2.13. The van der Waals surface area contributed by atoms with Crippen LogP contribution in [0.25, 0.3) is 0 Å². The van der Waals surface area contributed by atoms with Gasteiger partial charge in [0.1, 0.15) is 0 Å². The molecule has 1 N–H and O–H groups in total. The second-order valence-corrected chi connectivity index (χ2v) is 3.88. The summed E-state index contributed by atoms with van der Waals surface area (Å²) in [4.78, 5) is 12.6. The maximum absolute atomic E-state index is 10.7. The molecule has 0 aliphatic rings. The third-order valence-corrected chi connectivity index (χ3v) is 2.30. The van der Waals surface area contributed by atoms with Crippen molar-refractivity contribution in [3.8, 4) is 0 Å². The molecule has 0 spiro atoms. The topological polar surface area (TPSA) is 40.5 Å². The normalized spacial score (nSPS) is 10.2. The molecule has 0 aromatic heterocycles. The van der Waals surface area contributed by atoms with E-state index in [0.29, 0.717) is 6.54 Å². The minimum Gasteiger partial charge on any atom is -0.480 e. The lowest BCUT2D eigenvalue weighted by Gasteiger charge is -2.24. The fraction of sp³-hybridized carbons (Fsp3) is 0.417. The molecular formula is C12H18ClNO2. The number of benzene rings is 1. The maximum atomic E-state index is 10.7. The van der Waals surface area contributed by atoms with Gasteiger partial charge in [0.25, 0.3) is 0 Å². The lowest BCUT2D eigenvalue weighted by Crippen LogP contribution is -2.35. The number of carboxylic acid groups (broad SMARTS) is 1. The van der Waals surface area contributed by atoms with Crippen LogP contribution >= 0.6 is 12.4 Å². The van der Waals surface area contributed by atoms with Gasteiger partial charge in [0.2, 0.25) is 0 Å². The summed E-state index contributed by atoms with van der Waals surface area (Å²) in [5, 5.41) is 8.77. The first-order chi connectivity index (χ1) is 7.09. The Balaban J connectivity index is 0.00000225. The number of aliphatic carboxylic acids is 1. The molecule has 0 radical (unpaired) electrons. The van der Waals surface area contributed by atoms with Crippen molar-refractivity contribution in [2.24, 2.45) is 0 Å². The molecule has 0 saturated heterocycles. The summed E-state index contributed by atoms with van der Waals surface area (Å²) in [6.45, 7) is 4.79. The van der Waals surface area contributed by atoms with Crippen molar-refractivity contribution < 1.29 is 9.90 Å². The zero-order valence-corrected chi connectivity index (χ0v) is 10.4. The predicted octanol–water partition coefficient (Wildman–Crippen LogP) is 2.40. The molecule has 0 amide bonds. The standard InChI is InChI=1S/C12H17NO2.ClH/c1-10(2)13(9-12(14)15)8-11-6-4-3-5-7-11;/h3-7,10H,8-9H2,1-2H3,(H,14,15);1H. The third kappa shape index (κ3) is 5.14. The van der Waals surface area contributed by atoms with Crippen LogP contribution in [0.4, 0.5) is 0 Å². The number of halogens is 1. The zero-order valence-electron chi connectivity index (χ0n) is 9.59. The van der Waals surface area contributed by atoms with Gasteiger partial charge in [-0.15, -0.1) is 12.4 Å². The summed E-state index contributed by atoms with van der Waals surface area (Å²) >= 11 is 0. The summed E-state index contributed by atoms with van der Waals surface area (Å²) in [6, 6.07) is 10.2. The van der Waals surface area contributed by atoms with Gasteiger partial charge in [-0.25, -0.2) is 0 Å². The van der Waals surface area contributed by atoms with E-state index < -0.39 is 5.97 Å². The SMILES string of the molecule is CC(C)N(CC(=O)O)Cc1ccccc1.Cl. The Hall–Kier alpha value is -1.06. The summed E-state index contributed by atoms with van der Waals surface area (Å²) in [5.74, 6) is -0.778. The first-order valence-corrected chi connectivity index (χ1v) is 5.09. The Morgan fingerprint density at radius 1 is 1.31 bits per heavy atom. The smallest absolute Gasteiger partial charge is 0.317 e. The molecule has 0 bridgehead atoms. The second kappa shape index (κ2) is 7.25. The molecule has 0 fully saturated rings. The molecule has 1 rings (SSSR count). The fourth-order valence-electron chi connectivity index (χ4n) is 1.41. The number of hydrogen-bond donors (Lipinski definition) is 1. The van der Waals surface area contributed by atoms with E-state index in [1.165, 1.54) is 0 Å². The van der Waals surface area contributed by atoms with Crippen LogP contribution in [0, 0.1) is 0 Å². The Morgan fingerprint density at radius 3 is 2.31 bits per heavy atom. The lowest BCUT2D eigenvalue weighted by molar-refractivity contribution is -0.138. The van der Waals surface area contributed by atoms with Crippen LogP contribution in [0.3, 0.4) is 0 Å². The Morgan fingerprint density at radius 2 is 1.88 bits per heavy atom. The molecular weight excluding hydrogens is 226 g/mol. The van der Waals surface area contributed by atoms with E-state index in [1.54, 1.807) is 0 Å². The van der Waals surface area contributed by atoms with E-state index in [0.717, 1.165) is 5.56 Å². The quantitative estimate of drug-likeness (QED) is 0.864. The molecule has 0 aliphatic heterocycles. The van der Waals surface area contributed by atoms with E-state index >= 15 is 0 Å². The number of hydrogen-bond acceptors (Lipinski definition) is 2. The first-order valence-electron chi connectivity index (χ1n) is 5.09. The molecule has 0 unspecified atom stereocenters. The van der Waals surface area contributed by atoms with E-state index in [4.69, 9.17) is 5.11 Å². The Bertz CT molecular complexity index is 314. The maximum Gasteiger partial charge on any atom is 0.317 e. The largest absolute Gasteiger partial charge is 0.480 e. The second-order valence-electron chi connectivity index (χ2n) is 3.88. The van der Waals surface area contributed by atoms with E-state index in [2.05, 4.69) is 0 Å². The number of rotatable bonds is 5. The lowest BCUT2D eigenvalue weighted by atomic mass is 10.2. The predicted molar refractivity (Wildman–Crippen MR) is 66.9 cm³/mol. The van der Waals surface area contributed by atoms with Crippen molar-refractivity contribution >= 4 is 18.4 Å². The molecule has 0 saturated carbocycles. The summed E-state index contributed by atoms with van der Waals surface area (Å²) in [7, 11) is 0. The molecule has 16 heavy (non-hydrogen) atoms. The van der Waals surface area contributed by atoms with Crippen molar-refractivity contribution in [1.82, 2.24) is 4.90 Å². The van der Waals surface area contributed by atoms with Crippen LogP contribution in [0.5, 0.6) is 0 Å². The number of nitrogens with zero attached hydrogens (tertiary/aromatic N) is 1. The average molecular weight is 244 g/mol. The van der Waals surface area contributed by atoms with Gasteiger partial charge in [-0.05, 0) is 19.4 Å². The van der Waals surface area contributed by atoms with Gasteiger partial charge in [-0.3, -0.25) is 9.69 Å². The van der Waals surface area contributed by atoms with Gasteiger partial charge in [0, 0.05) is 12.6 Å².